The highest BCUT2D eigenvalue weighted by molar-refractivity contribution is 9.10. The van der Waals surface area contributed by atoms with Crippen LogP contribution in [0.5, 0.6) is 5.75 Å². The predicted molar refractivity (Wildman–Crippen MR) is 88.7 cm³/mol. The van der Waals surface area contributed by atoms with Crippen molar-refractivity contribution in [2.24, 2.45) is 0 Å². The zero-order valence-corrected chi connectivity index (χ0v) is 13.9. The Labute approximate surface area is 134 Å². The number of aromatic nitrogens is 1. The molecule has 0 radical (unpaired) electrons. The molecule has 2 aromatic heterocycles. The van der Waals surface area contributed by atoms with Gasteiger partial charge in [0.2, 0.25) is 0 Å². The summed E-state index contributed by atoms with van der Waals surface area (Å²) in [6.07, 6.45) is 0. The third kappa shape index (κ3) is 2.45. The van der Waals surface area contributed by atoms with Crippen LogP contribution >= 0.6 is 27.3 Å². The first kappa shape index (κ1) is 14.2. The van der Waals surface area contributed by atoms with E-state index in [1.54, 1.807) is 18.4 Å². The Morgan fingerprint density at radius 1 is 1.33 bits per heavy atom. The highest BCUT2D eigenvalue weighted by atomic mass is 79.9. The average Bonchev–Trinajstić information content (AvgIpc) is 3.05. The first-order chi connectivity index (χ1) is 10.1. The van der Waals surface area contributed by atoms with Gasteiger partial charge in [-0.1, -0.05) is 17.3 Å². The molecular weight excluding hydrogens is 352 g/mol. The lowest BCUT2D eigenvalue weighted by atomic mass is 10.0. The number of aryl methyl sites for hydroxylation is 1. The quantitative estimate of drug-likeness (QED) is 0.729. The van der Waals surface area contributed by atoms with Gasteiger partial charge in [-0.05, 0) is 51.5 Å². The van der Waals surface area contributed by atoms with Crippen molar-refractivity contribution < 1.29 is 9.26 Å². The molecule has 3 aromatic rings. The van der Waals surface area contributed by atoms with E-state index in [0.29, 0.717) is 11.6 Å². The summed E-state index contributed by atoms with van der Waals surface area (Å²) in [5.74, 6) is 1.85. The van der Waals surface area contributed by atoms with E-state index < -0.39 is 0 Å². The Morgan fingerprint density at radius 2 is 2.14 bits per heavy atom. The maximum atomic E-state index is 6.00. The van der Waals surface area contributed by atoms with Crippen LogP contribution in [0.25, 0.3) is 21.8 Å². The largest absolute Gasteiger partial charge is 0.496 e. The molecule has 0 fully saturated rings. The topological polar surface area (TPSA) is 61.3 Å². The fourth-order valence-electron chi connectivity index (χ4n) is 2.17. The number of anilines is 1. The number of ether oxygens (including phenoxy) is 1. The Hall–Kier alpha value is -1.79. The maximum absolute atomic E-state index is 6.00. The third-order valence-corrected chi connectivity index (χ3v) is 5.08. The molecule has 0 saturated heterocycles. The van der Waals surface area contributed by atoms with Gasteiger partial charge in [-0.2, -0.15) is 0 Å². The van der Waals surface area contributed by atoms with Crippen LogP contribution in [0, 0.1) is 6.92 Å². The molecule has 3 rings (SSSR count). The fourth-order valence-corrected chi connectivity index (χ4v) is 3.70. The van der Waals surface area contributed by atoms with Crippen molar-refractivity contribution in [1.29, 1.82) is 0 Å². The fraction of sp³-hybridized carbons (Fsp3) is 0.133. The number of benzene rings is 1. The molecule has 6 heteroatoms. The van der Waals surface area contributed by atoms with Crippen molar-refractivity contribution in [2.75, 3.05) is 12.8 Å². The molecule has 0 bridgehead atoms. The minimum atomic E-state index is 0.371. The van der Waals surface area contributed by atoms with Crippen molar-refractivity contribution in [1.82, 2.24) is 5.16 Å². The average molecular weight is 365 g/mol. The minimum absolute atomic E-state index is 0.371. The zero-order valence-electron chi connectivity index (χ0n) is 11.5. The van der Waals surface area contributed by atoms with Gasteiger partial charge in [0.15, 0.2) is 11.6 Å². The van der Waals surface area contributed by atoms with Crippen LogP contribution in [0.3, 0.4) is 0 Å². The maximum Gasteiger partial charge on any atom is 0.187 e. The first-order valence-electron chi connectivity index (χ1n) is 6.25. The van der Waals surface area contributed by atoms with Crippen LogP contribution < -0.4 is 10.5 Å². The molecule has 2 heterocycles. The number of hydrogen-bond acceptors (Lipinski definition) is 5. The van der Waals surface area contributed by atoms with Crippen LogP contribution in [-0.2, 0) is 0 Å². The number of rotatable bonds is 3. The molecule has 0 spiro atoms. The Morgan fingerprint density at radius 3 is 2.81 bits per heavy atom. The van der Waals surface area contributed by atoms with Gasteiger partial charge in [-0.15, -0.1) is 11.3 Å². The molecule has 0 saturated carbocycles. The lowest BCUT2D eigenvalue weighted by Gasteiger charge is -2.08. The second kappa shape index (κ2) is 5.54. The highest BCUT2D eigenvalue weighted by Gasteiger charge is 2.21. The van der Waals surface area contributed by atoms with E-state index in [2.05, 4.69) is 21.1 Å². The molecule has 0 aliphatic rings. The smallest absolute Gasteiger partial charge is 0.187 e. The van der Waals surface area contributed by atoms with E-state index in [9.17, 15) is 0 Å². The standard InChI is InChI=1S/C15H13BrN2O2S/c1-8-3-4-9(7-11(8)19-2)12-13(20-18-15(12)17)14-10(16)5-6-21-14/h3-7H,1-2H3,(H2,17,18). The molecular formula is C15H13BrN2O2S. The number of methoxy groups -OCH3 is 1. The molecule has 0 amide bonds. The molecule has 4 nitrogen and oxygen atoms in total. The lowest BCUT2D eigenvalue weighted by molar-refractivity contribution is 0.412. The van der Waals surface area contributed by atoms with Gasteiger partial charge in [-0.25, -0.2) is 0 Å². The summed E-state index contributed by atoms with van der Waals surface area (Å²) in [7, 11) is 1.65. The summed E-state index contributed by atoms with van der Waals surface area (Å²) in [6, 6.07) is 7.90. The van der Waals surface area contributed by atoms with Crippen LogP contribution in [0.15, 0.2) is 38.6 Å². The van der Waals surface area contributed by atoms with Crippen LogP contribution in [0.1, 0.15) is 5.56 Å². The summed E-state index contributed by atoms with van der Waals surface area (Å²) >= 11 is 5.09. The van der Waals surface area contributed by atoms with Crippen molar-refractivity contribution in [2.45, 2.75) is 6.92 Å². The summed E-state index contributed by atoms with van der Waals surface area (Å²) in [4.78, 5) is 0.966. The van der Waals surface area contributed by atoms with E-state index in [0.717, 1.165) is 31.8 Å². The summed E-state index contributed by atoms with van der Waals surface area (Å²) in [6.45, 7) is 2.00. The van der Waals surface area contributed by atoms with Crippen LogP contribution in [0.2, 0.25) is 0 Å². The van der Waals surface area contributed by atoms with Gasteiger partial charge in [-0.3, -0.25) is 0 Å². The molecule has 2 N–H and O–H groups in total. The molecule has 108 valence electrons. The number of halogens is 1. The predicted octanol–water partition coefficient (Wildman–Crippen LogP) is 4.73. The van der Waals surface area contributed by atoms with E-state index in [1.807, 2.05) is 36.6 Å². The second-order valence-electron chi connectivity index (χ2n) is 4.55. The Balaban J connectivity index is 2.19. The van der Waals surface area contributed by atoms with E-state index in [1.165, 1.54) is 0 Å². The van der Waals surface area contributed by atoms with Gasteiger partial charge in [0.05, 0.1) is 17.6 Å². The Kier molecular flexibility index (Phi) is 3.73. The number of nitrogens with zero attached hydrogens (tertiary/aromatic N) is 1. The zero-order chi connectivity index (χ0) is 15.0. The number of nitrogens with two attached hydrogens (primary N) is 1. The van der Waals surface area contributed by atoms with Gasteiger partial charge >= 0.3 is 0 Å². The number of hydrogen-bond donors (Lipinski definition) is 1. The number of thiophene rings is 1. The second-order valence-corrected chi connectivity index (χ2v) is 6.32. The van der Waals surface area contributed by atoms with Crippen molar-refractivity contribution in [3.63, 3.8) is 0 Å². The SMILES string of the molecule is COc1cc(-c2c(N)noc2-c2sccc2Br)ccc1C. The summed E-state index contributed by atoms with van der Waals surface area (Å²) in [5, 5.41) is 5.90. The van der Waals surface area contributed by atoms with Gasteiger partial charge < -0.3 is 15.0 Å². The third-order valence-electron chi connectivity index (χ3n) is 3.24. The molecule has 0 unspecified atom stereocenters. The van der Waals surface area contributed by atoms with E-state index >= 15 is 0 Å². The van der Waals surface area contributed by atoms with Crippen molar-refractivity contribution >= 4 is 33.1 Å². The molecule has 0 atom stereocenters. The Bertz CT molecular complexity index is 795. The first-order valence-corrected chi connectivity index (χ1v) is 7.92. The van der Waals surface area contributed by atoms with Gasteiger partial charge in [0, 0.05) is 4.47 Å². The van der Waals surface area contributed by atoms with Crippen molar-refractivity contribution in [3.8, 4) is 27.5 Å². The van der Waals surface area contributed by atoms with Gasteiger partial charge in [0.25, 0.3) is 0 Å². The molecule has 0 aliphatic heterocycles. The van der Waals surface area contributed by atoms with E-state index in [4.69, 9.17) is 15.0 Å². The summed E-state index contributed by atoms with van der Waals surface area (Å²) in [5.41, 5.74) is 8.78. The molecule has 21 heavy (non-hydrogen) atoms. The molecule has 0 aliphatic carbocycles. The van der Waals surface area contributed by atoms with Gasteiger partial charge in [0.1, 0.15) is 5.75 Å². The monoisotopic (exact) mass is 364 g/mol. The molecule has 1 aromatic carbocycles. The normalized spacial score (nSPS) is 10.8. The minimum Gasteiger partial charge on any atom is -0.496 e. The van der Waals surface area contributed by atoms with Crippen molar-refractivity contribution in [3.05, 3.63) is 39.7 Å². The van der Waals surface area contributed by atoms with Crippen LogP contribution in [0.4, 0.5) is 5.82 Å². The number of nitrogen functional groups attached to an aromatic ring is 1. The summed E-state index contributed by atoms with van der Waals surface area (Å²) < 4.78 is 11.8. The lowest BCUT2D eigenvalue weighted by Crippen LogP contribution is -1.91. The van der Waals surface area contributed by atoms with Crippen LogP contribution in [-0.4, -0.2) is 12.3 Å². The highest BCUT2D eigenvalue weighted by Crippen LogP contribution is 2.43. The van der Waals surface area contributed by atoms with E-state index in [-0.39, 0.29) is 0 Å².